The second-order valence-electron chi connectivity index (χ2n) is 2.79. The van der Waals surface area contributed by atoms with Crippen molar-refractivity contribution in [2.24, 2.45) is 0 Å². The van der Waals surface area contributed by atoms with Gasteiger partial charge in [0.2, 0.25) is 0 Å². The molecule has 62 valence electrons. The Morgan fingerprint density at radius 3 is 2.92 bits per heavy atom. The maximum Gasteiger partial charge on any atom is 0.274 e. The largest absolute Gasteiger partial charge is 0.326 e. The van der Waals surface area contributed by atoms with E-state index in [9.17, 15) is 4.79 Å². The Balaban J connectivity index is 3.07. The molecule has 0 bridgehead atoms. The smallest absolute Gasteiger partial charge is 0.274 e. The van der Waals surface area contributed by atoms with Crippen molar-refractivity contribution in [2.75, 3.05) is 0 Å². The minimum Gasteiger partial charge on any atom is -0.326 e. The van der Waals surface area contributed by atoms with Gasteiger partial charge >= 0.3 is 0 Å². The number of nitrogens with one attached hydrogen (secondary N) is 1. The SMILES string of the molecule is Cc1nn2cc[nH]c(=O)c2c1C. The van der Waals surface area contributed by atoms with Crippen LogP contribution in [0.2, 0.25) is 0 Å². The standard InChI is InChI=1S/C8H9N3O/c1-5-6(2)10-11-4-3-9-8(12)7(5)11/h3-4H,1-2H3,(H,9,12). The van der Waals surface area contributed by atoms with Gasteiger partial charge in [-0.05, 0) is 13.8 Å². The molecule has 0 radical (unpaired) electrons. The van der Waals surface area contributed by atoms with E-state index in [0.29, 0.717) is 5.52 Å². The van der Waals surface area contributed by atoms with Crippen molar-refractivity contribution in [1.82, 2.24) is 14.6 Å². The molecule has 0 aromatic carbocycles. The van der Waals surface area contributed by atoms with E-state index in [1.807, 2.05) is 13.8 Å². The Bertz CT molecular complexity index is 480. The molecule has 4 heteroatoms. The van der Waals surface area contributed by atoms with Crippen LogP contribution in [-0.4, -0.2) is 14.6 Å². The first-order chi connectivity index (χ1) is 5.70. The van der Waals surface area contributed by atoms with Gasteiger partial charge in [0.1, 0.15) is 5.52 Å². The highest BCUT2D eigenvalue weighted by atomic mass is 16.1. The van der Waals surface area contributed by atoms with Crippen LogP contribution in [0.1, 0.15) is 11.3 Å². The molecule has 2 aromatic heterocycles. The highest BCUT2D eigenvalue weighted by Gasteiger charge is 2.06. The van der Waals surface area contributed by atoms with Crippen LogP contribution in [-0.2, 0) is 0 Å². The van der Waals surface area contributed by atoms with Crippen molar-refractivity contribution in [3.8, 4) is 0 Å². The lowest BCUT2D eigenvalue weighted by Crippen LogP contribution is -2.08. The summed E-state index contributed by atoms with van der Waals surface area (Å²) in [6.07, 6.45) is 3.32. The number of fused-ring (bicyclic) bond motifs is 1. The fraction of sp³-hybridized carbons (Fsp3) is 0.250. The summed E-state index contributed by atoms with van der Waals surface area (Å²) in [4.78, 5) is 13.9. The lowest BCUT2D eigenvalue weighted by atomic mass is 10.2. The molecule has 0 unspecified atom stereocenters. The van der Waals surface area contributed by atoms with Crippen LogP contribution in [0.4, 0.5) is 0 Å². The third kappa shape index (κ3) is 0.777. The van der Waals surface area contributed by atoms with Gasteiger partial charge in [-0.2, -0.15) is 5.10 Å². The zero-order valence-corrected chi connectivity index (χ0v) is 6.96. The van der Waals surface area contributed by atoms with E-state index in [2.05, 4.69) is 10.1 Å². The molecule has 0 amide bonds. The predicted molar refractivity (Wildman–Crippen MR) is 45.3 cm³/mol. The third-order valence-corrected chi connectivity index (χ3v) is 2.03. The van der Waals surface area contributed by atoms with E-state index in [1.165, 1.54) is 0 Å². The summed E-state index contributed by atoms with van der Waals surface area (Å²) in [5.74, 6) is 0. The summed E-state index contributed by atoms with van der Waals surface area (Å²) >= 11 is 0. The van der Waals surface area contributed by atoms with E-state index in [0.717, 1.165) is 11.3 Å². The lowest BCUT2D eigenvalue weighted by Gasteiger charge is -1.89. The summed E-state index contributed by atoms with van der Waals surface area (Å²) in [5, 5.41) is 4.17. The molecule has 0 saturated heterocycles. The summed E-state index contributed by atoms with van der Waals surface area (Å²) in [6, 6.07) is 0. The van der Waals surface area contributed by atoms with Gasteiger partial charge in [-0.25, -0.2) is 4.52 Å². The van der Waals surface area contributed by atoms with Crippen LogP contribution in [0.5, 0.6) is 0 Å². The maximum atomic E-state index is 11.3. The fourth-order valence-corrected chi connectivity index (χ4v) is 1.26. The number of aryl methyl sites for hydroxylation is 2. The zero-order valence-electron chi connectivity index (χ0n) is 6.96. The van der Waals surface area contributed by atoms with E-state index in [4.69, 9.17) is 0 Å². The number of rotatable bonds is 0. The van der Waals surface area contributed by atoms with E-state index >= 15 is 0 Å². The van der Waals surface area contributed by atoms with Crippen LogP contribution >= 0.6 is 0 Å². The van der Waals surface area contributed by atoms with Gasteiger partial charge in [0.05, 0.1) is 5.69 Å². The maximum absolute atomic E-state index is 11.3. The highest BCUT2D eigenvalue weighted by molar-refractivity contribution is 5.53. The van der Waals surface area contributed by atoms with Crippen LogP contribution in [0.25, 0.3) is 5.52 Å². The summed E-state index contributed by atoms with van der Waals surface area (Å²) in [5.41, 5.74) is 2.38. The molecule has 1 N–H and O–H groups in total. The van der Waals surface area contributed by atoms with Gasteiger partial charge in [-0.15, -0.1) is 0 Å². The first-order valence-electron chi connectivity index (χ1n) is 3.73. The second kappa shape index (κ2) is 2.20. The van der Waals surface area contributed by atoms with Crippen molar-refractivity contribution in [1.29, 1.82) is 0 Å². The molecular weight excluding hydrogens is 154 g/mol. The number of aromatic nitrogens is 3. The van der Waals surface area contributed by atoms with Gasteiger partial charge in [-0.1, -0.05) is 0 Å². The molecule has 2 heterocycles. The van der Waals surface area contributed by atoms with E-state index < -0.39 is 0 Å². The Labute approximate surface area is 68.8 Å². The second-order valence-corrected chi connectivity index (χ2v) is 2.79. The van der Waals surface area contributed by atoms with Crippen LogP contribution in [0.3, 0.4) is 0 Å². The van der Waals surface area contributed by atoms with Gasteiger partial charge in [0, 0.05) is 18.0 Å². The Morgan fingerprint density at radius 1 is 1.50 bits per heavy atom. The van der Waals surface area contributed by atoms with Gasteiger partial charge in [0.25, 0.3) is 5.56 Å². The molecule has 0 aliphatic rings. The lowest BCUT2D eigenvalue weighted by molar-refractivity contribution is 0.914. The predicted octanol–water partition coefficient (Wildman–Crippen LogP) is 0.639. The minimum absolute atomic E-state index is 0.0874. The van der Waals surface area contributed by atoms with Crippen LogP contribution in [0, 0.1) is 13.8 Å². The van der Waals surface area contributed by atoms with E-state index in [1.54, 1.807) is 16.9 Å². The molecule has 0 saturated carbocycles. The Kier molecular flexibility index (Phi) is 1.30. The first kappa shape index (κ1) is 7.09. The van der Waals surface area contributed by atoms with Crippen molar-refractivity contribution in [3.05, 3.63) is 34.0 Å². The average Bonchev–Trinajstić information content (AvgIpc) is 2.29. The fourth-order valence-electron chi connectivity index (χ4n) is 1.26. The average molecular weight is 163 g/mol. The number of nitrogens with zero attached hydrogens (tertiary/aromatic N) is 2. The molecule has 0 spiro atoms. The van der Waals surface area contributed by atoms with Gasteiger partial charge in [0.15, 0.2) is 0 Å². The molecule has 2 aromatic rings. The quantitative estimate of drug-likeness (QED) is 0.619. The molecule has 2 rings (SSSR count). The van der Waals surface area contributed by atoms with Crippen LogP contribution in [0.15, 0.2) is 17.2 Å². The van der Waals surface area contributed by atoms with Gasteiger partial charge < -0.3 is 4.98 Å². The Hall–Kier alpha value is -1.58. The van der Waals surface area contributed by atoms with Crippen molar-refractivity contribution in [3.63, 3.8) is 0 Å². The Morgan fingerprint density at radius 2 is 2.25 bits per heavy atom. The number of hydrogen-bond donors (Lipinski definition) is 1. The number of H-pyrrole nitrogens is 1. The zero-order chi connectivity index (χ0) is 8.72. The molecule has 0 aliphatic heterocycles. The van der Waals surface area contributed by atoms with Crippen molar-refractivity contribution >= 4 is 5.52 Å². The third-order valence-electron chi connectivity index (χ3n) is 2.03. The summed E-state index contributed by atoms with van der Waals surface area (Å²) in [7, 11) is 0. The molecule has 12 heavy (non-hydrogen) atoms. The summed E-state index contributed by atoms with van der Waals surface area (Å²) < 4.78 is 1.60. The molecule has 0 fully saturated rings. The number of hydrogen-bond acceptors (Lipinski definition) is 2. The van der Waals surface area contributed by atoms with Crippen molar-refractivity contribution < 1.29 is 0 Å². The molecule has 4 nitrogen and oxygen atoms in total. The van der Waals surface area contributed by atoms with Crippen LogP contribution < -0.4 is 5.56 Å². The molecular formula is C8H9N3O. The highest BCUT2D eigenvalue weighted by Crippen LogP contribution is 2.07. The normalized spacial score (nSPS) is 10.8. The monoisotopic (exact) mass is 163 g/mol. The number of aromatic amines is 1. The summed E-state index contributed by atoms with van der Waals surface area (Å²) in [6.45, 7) is 3.79. The molecule has 0 aliphatic carbocycles. The molecule has 0 atom stereocenters. The first-order valence-corrected chi connectivity index (χ1v) is 3.73. The topological polar surface area (TPSA) is 50.2 Å². The minimum atomic E-state index is -0.0874. The van der Waals surface area contributed by atoms with Crippen molar-refractivity contribution in [2.45, 2.75) is 13.8 Å². The van der Waals surface area contributed by atoms with E-state index in [-0.39, 0.29) is 5.56 Å². The van der Waals surface area contributed by atoms with Gasteiger partial charge in [-0.3, -0.25) is 4.79 Å².